The van der Waals surface area contributed by atoms with Gasteiger partial charge in [-0.2, -0.15) is 0 Å². The number of fused-ring (bicyclic) bond motifs is 10. The highest BCUT2D eigenvalue weighted by Gasteiger charge is 2.44. The molecular weight excluding hydrogens is 665 g/mol. The molecule has 0 unspecified atom stereocenters. The minimum atomic E-state index is -0.0681. The highest BCUT2D eigenvalue weighted by Crippen LogP contribution is 2.48. The average molecular weight is 712 g/mol. The van der Waals surface area contributed by atoms with E-state index in [9.17, 15) is 0 Å². The van der Waals surface area contributed by atoms with Gasteiger partial charge in [-0.25, -0.2) is 4.85 Å². The van der Waals surface area contributed by atoms with Crippen molar-refractivity contribution in [2.45, 2.75) is 78.6 Å². The van der Waals surface area contributed by atoms with Crippen molar-refractivity contribution in [1.29, 1.82) is 0 Å². The molecule has 1 aromatic heterocycles. The Kier molecular flexibility index (Phi) is 6.84. The Morgan fingerprint density at radius 2 is 1.18 bits per heavy atom. The quantitative estimate of drug-likeness (QED) is 0.0938. The lowest BCUT2D eigenvalue weighted by atomic mass is 9.44. The van der Waals surface area contributed by atoms with Crippen LogP contribution in [0.25, 0.3) is 59.3 Å². The first-order valence-electron chi connectivity index (χ1n) is 19.7. The van der Waals surface area contributed by atoms with Crippen molar-refractivity contribution in [1.82, 2.24) is 4.48 Å². The first-order valence-corrected chi connectivity index (χ1v) is 19.7. The third-order valence-corrected chi connectivity index (χ3v) is 12.3. The van der Waals surface area contributed by atoms with Crippen molar-refractivity contribution in [2.24, 2.45) is 0 Å². The van der Waals surface area contributed by atoms with Crippen molar-refractivity contribution in [2.75, 3.05) is 4.90 Å². The molecule has 2 aliphatic rings. The van der Waals surface area contributed by atoms with Crippen molar-refractivity contribution in [3.8, 4) is 11.1 Å². The first kappa shape index (κ1) is 33.8. The number of hydrogen-bond acceptors (Lipinski definition) is 1. The van der Waals surface area contributed by atoms with Gasteiger partial charge in [0.1, 0.15) is 0 Å². The van der Waals surface area contributed by atoms with Crippen LogP contribution >= 0.6 is 0 Å². The van der Waals surface area contributed by atoms with Crippen LogP contribution in [-0.4, -0.2) is 11.3 Å². The molecule has 0 N–H and O–H groups in total. The molecule has 0 saturated carbocycles. The second-order valence-electron chi connectivity index (χ2n) is 19.0. The smallest absolute Gasteiger partial charge is 0.333 e. The van der Waals surface area contributed by atoms with Crippen molar-refractivity contribution < 1.29 is 0 Å². The van der Waals surface area contributed by atoms with Gasteiger partial charge >= 0.3 is 6.85 Å². The predicted octanol–water partition coefficient (Wildman–Crippen LogP) is 13.0. The molecule has 0 spiro atoms. The lowest BCUT2D eigenvalue weighted by Crippen LogP contribution is -2.57. The molecule has 0 amide bonds. The Bertz CT molecular complexity index is 2980. The topological polar surface area (TPSA) is 12.5 Å². The number of nitrogens with zero attached hydrogens (tertiary/aromatic N) is 3. The van der Waals surface area contributed by atoms with Crippen LogP contribution in [0.5, 0.6) is 0 Å². The highest BCUT2D eigenvalue weighted by molar-refractivity contribution is 6.91. The summed E-state index contributed by atoms with van der Waals surface area (Å²) in [6, 6.07) is 43.7. The van der Waals surface area contributed by atoms with E-state index in [0.29, 0.717) is 5.69 Å². The maximum atomic E-state index is 7.70. The summed E-state index contributed by atoms with van der Waals surface area (Å²) in [5.74, 6) is 0. The standard InChI is InChI=1S/C51H46BN3/c1-49(2,3)33-25-34(50(4,5)6)27-37(26-33)54-44-21-19-31-22-32-23-36(53-10)20-18-30(32)24-41(31)46(44)52-47-42(28-35(29-45(47)54)51(7,8)9)40-16-13-15-39-38-14-11-12-17-43(38)55(52)48(39)40/h11-29H,1-9H3. The van der Waals surface area contributed by atoms with E-state index in [0.717, 1.165) is 10.8 Å². The number of aromatic nitrogens is 1. The molecule has 0 aliphatic carbocycles. The fraction of sp³-hybridized carbons (Fsp3) is 0.235. The van der Waals surface area contributed by atoms with Crippen LogP contribution < -0.4 is 15.8 Å². The van der Waals surface area contributed by atoms with Gasteiger partial charge in [0, 0.05) is 44.4 Å². The van der Waals surface area contributed by atoms with E-state index in [1.807, 2.05) is 12.1 Å². The van der Waals surface area contributed by atoms with Gasteiger partial charge in [0.2, 0.25) is 0 Å². The molecule has 10 rings (SSSR count). The molecule has 268 valence electrons. The Morgan fingerprint density at radius 1 is 0.509 bits per heavy atom. The fourth-order valence-electron chi connectivity index (χ4n) is 9.34. The molecule has 0 atom stereocenters. The van der Waals surface area contributed by atoms with Crippen LogP contribution in [0.4, 0.5) is 22.7 Å². The monoisotopic (exact) mass is 711 g/mol. The normalized spacial score (nSPS) is 13.8. The molecule has 55 heavy (non-hydrogen) atoms. The van der Waals surface area contributed by atoms with Crippen LogP contribution in [0.15, 0.2) is 115 Å². The van der Waals surface area contributed by atoms with E-state index in [1.54, 1.807) is 0 Å². The van der Waals surface area contributed by atoms with Gasteiger partial charge in [-0.1, -0.05) is 129 Å². The van der Waals surface area contributed by atoms with E-state index in [4.69, 9.17) is 6.57 Å². The Labute approximate surface area is 325 Å². The summed E-state index contributed by atoms with van der Waals surface area (Å²) in [5, 5.41) is 7.28. The largest absolute Gasteiger partial charge is 0.375 e. The molecular formula is C51H46BN3. The number of hydrogen-bond donors (Lipinski definition) is 0. The summed E-state index contributed by atoms with van der Waals surface area (Å²) < 4.78 is 2.66. The molecule has 0 radical (unpaired) electrons. The first-order chi connectivity index (χ1) is 26.1. The van der Waals surface area contributed by atoms with Gasteiger partial charge < -0.3 is 9.38 Å². The molecule has 8 aromatic rings. The number of para-hydroxylation sites is 2. The van der Waals surface area contributed by atoms with Crippen LogP contribution in [0.1, 0.15) is 79.0 Å². The molecule has 3 heterocycles. The zero-order chi connectivity index (χ0) is 38.3. The van der Waals surface area contributed by atoms with E-state index < -0.39 is 0 Å². The fourth-order valence-corrected chi connectivity index (χ4v) is 9.34. The molecule has 4 heteroatoms. The highest BCUT2D eigenvalue weighted by atomic mass is 15.2. The van der Waals surface area contributed by atoms with Gasteiger partial charge in [0.25, 0.3) is 0 Å². The van der Waals surface area contributed by atoms with E-state index in [1.165, 1.54) is 88.4 Å². The zero-order valence-corrected chi connectivity index (χ0v) is 33.4. The van der Waals surface area contributed by atoms with E-state index in [-0.39, 0.29) is 23.1 Å². The van der Waals surface area contributed by atoms with E-state index >= 15 is 0 Å². The molecule has 2 aliphatic heterocycles. The van der Waals surface area contributed by atoms with Crippen LogP contribution in [0.3, 0.4) is 0 Å². The molecule has 0 fully saturated rings. The van der Waals surface area contributed by atoms with Crippen molar-refractivity contribution >= 4 is 83.9 Å². The summed E-state index contributed by atoms with van der Waals surface area (Å²) in [7, 11) is 0. The van der Waals surface area contributed by atoms with Crippen molar-refractivity contribution in [3.63, 3.8) is 0 Å². The Hall–Kier alpha value is -5.79. The van der Waals surface area contributed by atoms with Crippen LogP contribution in [-0.2, 0) is 16.2 Å². The van der Waals surface area contributed by atoms with Gasteiger partial charge in [-0.15, -0.1) is 0 Å². The lowest BCUT2D eigenvalue weighted by molar-refractivity contribution is 0.569. The average Bonchev–Trinajstić information content (AvgIpc) is 3.48. The van der Waals surface area contributed by atoms with Crippen LogP contribution in [0, 0.1) is 6.57 Å². The third kappa shape index (κ3) is 4.88. The Morgan fingerprint density at radius 3 is 1.89 bits per heavy atom. The number of benzene rings is 7. The van der Waals surface area contributed by atoms with Gasteiger partial charge in [0.05, 0.1) is 6.57 Å². The molecule has 0 saturated heterocycles. The molecule has 3 nitrogen and oxygen atoms in total. The predicted molar refractivity (Wildman–Crippen MR) is 237 cm³/mol. The Balaban J connectivity index is 1.42. The summed E-state index contributed by atoms with van der Waals surface area (Å²) in [4.78, 5) is 6.37. The summed E-state index contributed by atoms with van der Waals surface area (Å²) >= 11 is 0. The minimum absolute atomic E-state index is 0.0368. The molecule has 7 aromatic carbocycles. The minimum Gasteiger partial charge on any atom is -0.375 e. The van der Waals surface area contributed by atoms with Gasteiger partial charge in [-0.05, 0) is 120 Å². The maximum Gasteiger partial charge on any atom is 0.333 e. The zero-order valence-electron chi connectivity index (χ0n) is 33.4. The SMILES string of the molecule is [C-]#[N+]c1ccc2cc3c4c(ccc3cc2c1)N(c1cc(C(C)(C)C)cc(C(C)(C)C)c1)c1cc(C(C)(C)C)cc2c1B4n1c3ccccc3c3cccc-2c31. The number of anilines is 3. The van der Waals surface area contributed by atoms with Crippen LogP contribution in [0.2, 0.25) is 0 Å². The third-order valence-electron chi connectivity index (χ3n) is 12.3. The molecule has 0 bridgehead atoms. The van der Waals surface area contributed by atoms with Gasteiger partial charge in [0.15, 0.2) is 5.69 Å². The van der Waals surface area contributed by atoms with Crippen molar-refractivity contribution in [3.05, 3.63) is 143 Å². The second kappa shape index (κ2) is 11.1. The van der Waals surface area contributed by atoms with E-state index in [2.05, 4.69) is 180 Å². The summed E-state index contributed by atoms with van der Waals surface area (Å²) in [6.07, 6.45) is 0. The van der Waals surface area contributed by atoms with Gasteiger partial charge in [-0.3, -0.25) is 0 Å². The lowest BCUT2D eigenvalue weighted by Gasteiger charge is -2.42. The summed E-state index contributed by atoms with van der Waals surface area (Å²) in [5.41, 5.74) is 16.1. The number of rotatable bonds is 1. The second-order valence-corrected chi connectivity index (χ2v) is 19.0. The summed E-state index contributed by atoms with van der Waals surface area (Å²) in [6.45, 7) is 28.7. The maximum absolute atomic E-state index is 7.70.